The maximum atomic E-state index is 12.2. The van der Waals surface area contributed by atoms with Gasteiger partial charge >= 0.3 is 5.97 Å². The number of benzene rings is 1. The van der Waals surface area contributed by atoms with E-state index < -0.39 is 18.6 Å². The van der Waals surface area contributed by atoms with E-state index in [1.165, 1.54) is 0 Å². The Morgan fingerprint density at radius 1 is 1.50 bits per heavy atom. The van der Waals surface area contributed by atoms with Gasteiger partial charge in [-0.3, -0.25) is 9.18 Å². The number of aliphatic carboxylic acids is 1. The second kappa shape index (κ2) is 4.74. The molecule has 2 nitrogen and oxygen atoms in total. The molecular formula is C11H13FO2. The molecule has 3 heteroatoms. The van der Waals surface area contributed by atoms with Gasteiger partial charge in [0.1, 0.15) is 0 Å². The molecule has 0 amide bonds. The molecule has 0 aliphatic rings. The van der Waals surface area contributed by atoms with E-state index in [9.17, 15) is 9.18 Å². The molecule has 0 aliphatic heterocycles. The Balaban J connectivity index is 2.99. The Morgan fingerprint density at radius 2 is 2.14 bits per heavy atom. The standard InChI is InChI=1S/C11H13FO2/c1-8-4-2-3-5-9(8)10(6-7-12)11(13)14/h2-5,10H,6-7H2,1H3,(H,13,14). The van der Waals surface area contributed by atoms with E-state index >= 15 is 0 Å². The summed E-state index contributed by atoms with van der Waals surface area (Å²) in [7, 11) is 0. The predicted molar refractivity (Wildman–Crippen MR) is 52.1 cm³/mol. The molecule has 0 fully saturated rings. The van der Waals surface area contributed by atoms with Gasteiger partial charge in [0.15, 0.2) is 0 Å². The van der Waals surface area contributed by atoms with Gasteiger partial charge in [0.05, 0.1) is 12.6 Å². The fourth-order valence-electron chi connectivity index (χ4n) is 1.50. The van der Waals surface area contributed by atoms with Crippen LogP contribution in [-0.2, 0) is 4.79 Å². The highest BCUT2D eigenvalue weighted by Gasteiger charge is 2.20. The lowest BCUT2D eigenvalue weighted by Crippen LogP contribution is -2.13. The SMILES string of the molecule is Cc1ccccc1C(CCF)C(=O)O. The molecule has 0 heterocycles. The largest absolute Gasteiger partial charge is 0.481 e. The number of hydrogen-bond donors (Lipinski definition) is 1. The Morgan fingerprint density at radius 3 is 2.64 bits per heavy atom. The summed E-state index contributed by atoms with van der Waals surface area (Å²) in [5.41, 5.74) is 1.60. The van der Waals surface area contributed by atoms with Crippen molar-refractivity contribution in [1.29, 1.82) is 0 Å². The van der Waals surface area contributed by atoms with Gasteiger partial charge in [-0.05, 0) is 24.5 Å². The van der Waals surface area contributed by atoms with E-state index in [1.807, 2.05) is 19.1 Å². The van der Waals surface area contributed by atoms with Crippen molar-refractivity contribution >= 4 is 5.97 Å². The third-order valence-electron chi connectivity index (χ3n) is 2.26. The van der Waals surface area contributed by atoms with Crippen LogP contribution in [0.4, 0.5) is 4.39 Å². The van der Waals surface area contributed by atoms with Crippen LogP contribution in [0.15, 0.2) is 24.3 Å². The van der Waals surface area contributed by atoms with Gasteiger partial charge in [-0.2, -0.15) is 0 Å². The molecule has 0 spiro atoms. The van der Waals surface area contributed by atoms with Crippen LogP contribution in [0.2, 0.25) is 0 Å². The van der Waals surface area contributed by atoms with Gasteiger partial charge in [-0.25, -0.2) is 0 Å². The lowest BCUT2D eigenvalue weighted by atomic mass is 9.93. The average molecular weight is 196 g/mol. The fraction of sp³-hybridized carbons (Fsp3) is 0.364. The molecular weight excluding hydrogens is 183 g/mol. The van der Waals surface area contributed by atoms with Crippen LogP contribution < -0.4 is 0 Å². The monoisotopic (exact) mass is 196 g/mol. The molecule has 1 N–H and O–H groups in total. The molecule has 1 unspecified atom stereocenters. The molecule has 14 heavy (non-hydrogen) atoms. The van der Waals surface area contributed by atoms with Crippen molar-refractivity contribution in [3.05, 3.63) is 35.4 Å². The minimum atomic E-state index is -0.961. The van der Waals surface area contributed by atoms with E-state index in [0.717, 1.165) is 5.56 Å². The minimum Gasteiger partial charge on any atom is -0.481 e. The quantitative estimate of drug-likeness (QED) is 0.803. The fourth-order valence-corrected chi connectivity index (χ4v) is 1.50. The van der Waals surface area contributed by atoms with Crippen LogP contribution in [0.5, 0.6) is 0 Å². The molecule has 0 saturated carbocycles. The van der Waals surface area contributed by atoms with E-state index in [0.29, 0.717) is 5.56 Å². The Kier molecular flexibility index (Phi) is 3.63. The Hall–Kier alpha value is -1.38. The number of carboxylic acid groups (broad SMARTS) is 1. The second-order valence-corrected chi connectivity index (χ2v) is 3.23. The molecule has 1 aromatic rings. The molecule has 76 valence electrons. The third kappa shape index (κ3) is 2.31. The molecule has 1 aromatic carbocycles. The summed E-state index contributed by atoms with van der Waals surface area (Å²) in [6, 6.07) is 7.19. The number of rotatable bonds is 4. The maximum absolute atomic E-state index is 12.2. The number of carboxylic acids is 1. The summed E-state index contributed by atoms with van der Waals surface area (Å²) >= 11 is 0. The van der Waals surface area contributed by atoms with Gasteiger partial charge in [0, 0.05) is 0 Å². The zero-order valence-electron chi connectivity index (χ0n) is 8.03. The van der Waals surface area contributed by atoms with Crippen LogP contribution in [-0.4, -0.2) is 17.8 Å². The number of alkyl halides is 1. The molecule has 0 aromatic heterocycles. The average Bonchev–Trinajstić information content (AvgIpc) is 2.15. The van der Waals surface area contributed by atoms with Crippen molar-refractivity contribution in [2.45, 2.75) is 19.3 Å². The van der Waals surface area contributed by atoms with Crippen molar-refractivity contribution in [3.63, 3.8) is 0 Å². The smallest absolute Gasteiger partial charge is 0.311 e. The number of aryl methyl sites for hydroxylation is 1. The van der Waals surface area contributed by atoms with E-state index in [1.54, 1.807) is 12.1 Å². The van der Waals surface area contributed by atoms with Gasteiger partial charge in [0.25, 0.3) is 0 Å². The molecule has 0 saturated heterocycles. The lowest BCUT2D eigenvalue weighted by Gasteiger charge is -2.13. The topological polar surface area (TPSA) is 37.3 Å². The zero-order chi connectivity index (χ0) is 10.6. The predicted octanol–water partition coefficient (Wildman–Crippen LogP) is 2.52. The lowest BCUT2D eigenvalue weighted by molar-refractivity contribution is -0.139. The van der Waals surface area contributed by atoms with Gasteiger partial charge < -0.3 is 5.11 Å². The van der Waals surface area contributed by atoms with Crippen LogP contribution in [0.3, 0.4) is 0 Å². The van der Waals surface area contributed by atoms with E-state index in [4.69, 9.17) is 5.11 Å². The highest BCUT2D eigenvalue weighted by Crippen LogP contribution is 2.23. The number of halogens is 1. The summed E-state index contributed by atoms with van der Waals surface area (Å²) in [4.78, 5) is 10.9. The number of carbonyl (C=O) groups is 1. The van der Waals surface area contributed by atoms with Crippen molar-refractivity contribution in [1.82, 2.24) is 0 Å². The van der Waals surface area contributed by atoms with Gasteiger partial charge in [-0.15, -0.1) is 0 Å². The van der Waals surface area contributed by atoms with Crippen molar-refractivity contribution in [3.8, 4) is 0 Å². The summed E-state index contributed by atoms with van der Waals surface area (Å²) in [5.74, 6) is -1.68. The Bertz CT molecular complexity index is 323. The van der Waals surface area contributed by atoms with Crippen LogP contribution in [0.1, 0.15) is 23.5 Å². The summed E-state index contributed by atoms with van der Waals surface area (Å²) in [6.45, 7) is 1.23. The zero-order valence-corrected chi connectivity index (χ0v) is 8.03. The van der Waals surface area contributed by atoms with Crippen LogP contribution >= 0.6 is 0 Å². The third-order valence-corrected chi connectivity index (χ3v) is 2.26. The van der Waals surface area contributed by atoms with Crippen molar-refractivity contribution in [2.75, 3.05) is 6.67 Å². The summed E-state index contributed by atoms with van der Waals surface area (Å²) in [6.07, 6.45) is 0.0419. The van der Waals surface area contributed by atoms with Gasteiger partial charge in [0.2, 0.25) is 0 Å². The maximum Gasteiger partial charge on any atom is 0.311 e. The van der Waals surface area contributed by atoms with E-state index in [-0.39, 0.29) is 6.42 Å². The van der Waals surface area contributed by atoms with Crippen molar-refractivity contribution in [2.24, 2.45) is 0 Å². The molecule has 0 aliphatic carbocycles. The highest BCUT2D eigenvalue weighted by molar-refractivity contribution is 5.76. The first-order valence-corrected chi connectivity index (χ1v) is 4.51. The first kappa shape index (κ1) is 10.7. The van der Waals surface area contributed by atoms with Gasteiger partial charge in [-0.1, -0.05) is 24.3 Å². The molecule has 0 bridgehead atoms. The van der Waals surface area contributed by atoms with Crippen molar-refractivity contribution < 1.29 is 14.3 Å². The van der Waals surface area contributed by atoms with E-state index in [2.05, 4.69) is 0 Å². The minimum absolute atomic E-state index is 0.0419. The molecule has 1 atom stereocenters. The van der Waals surface area contributed by atoms with Crippen LogP contribution in [0, 0.1) is 6.92 Å². The first-order valence-electron chi connectivity index (χ1n) is 4.51. The highest BCUT2D eigenvalue weighted by atomic mass is 19.1. The normalized spacial score (nSPS) is 12.4. The second-order valence-electron chi connectivity index (χ2n) is 3.23. The molecule has 1 rings (SSSR count). The Labute approximate surface area is 82.4 Å². The summed E-state index contributed by atoms with van der Waals surface area (Å²) in [5, 5.41) is 8.92. The van der Waals surface area contributed by atoms with Crippen LogP contribution in [0.25, 0.3) is 0 Å². The summed E-state index contributed by atoms with van der Waals surface area (Å²) < 4.78 is 12.2. The number of hydrogen-bond acceptors (Lipinski definition) is 1. The first-order chi connectivity index (χ1) is 6.66. The molecule has 0 radical (unpaired) electrons.